The van der Waals surface area contributed by atoms with Crippen molar-refractivity contribution >= 4 is 29.3 Å². The maximum Gasteiger partial charge on any atom is 0.355 e. The van der Waals surface area contributed by atoms with Crippen LogP contribution in [0.25, 0.3) is 0 Å². The third kappa shape index (κ3) is 5.21. The van der Waals surface area contributed by atoms with Gasteiger partial charge in [-0.25, -0.2) is 14.4 Å². The zero-order chi connectivity index (χ0) is 28.8. The molecule has 4 rings (SSSR count). The summed E-state index contributed by atoms with van der Waals surface area (Å²) in [7, 11) is 2.30. The predicted molar refractivity (Wildman–Crippen MR) is 147 cm³/mol. The van der Waals surface area contributed by atoms with Crippen molar-refractivity contribution < 1.29 is 29.0 Å². The fourth-order valence-electron chi connectivity index (χ4n) is 4.56. The number of anilines is 2. The lowest BCUT2D eigenvalue weighted by Gasteiger charge is -2.36. The molecule has 0 saturated carbocycles. The Bertz CT molecular complexity index is 1560. The second kappa shape index (κ2) is 11.9. The molecule has 0 saturated heterocycles. The van der Waals surface area contributed by atoms with Crippen LogP contribution in [0, 0.1) is 11.3 Å². The minimum Gasteiger partial charge on any atom is -0.478 e. The first-order valence-corrected chi connectivity index (χ1v) is 12.1. The Kier molecular flexibility index (Phi) is 8.16. The van der Waals surface area contributed by atoms with E-state index in [1.54, 1.807) is 30.3 Å². The molecule has 3 aromatic carbocycles. The normalized spacial score (nSPS) is 14.8. The number of ether oxygens (including phenoxy) is 2. The Morgan fingerprint density at radius 3 is 2.17 bits per heavy atom. The van der Waals surface area contributed by atoms with Crippen LogP contribution in [0.2, 0.25) is 0 Å². The topological polar surface area (TPSA) is 155 Å². The van der Waals surface area contributed by atoms with Gasteiger partial charge in [0, 0.05) is 6.54 Å². The van der Waals surface area contributed by atoms with Crippen molar-refractivity contribution in [3.05, 3.63) is 118 Å². The summed E-state index contributed by atoms with van der Waals surface area (Å²) in [6.45, 7) is 0.344. The molecule has 10 nitrogen and oxygen atoms in total. The van der Waals surface area contributed by atoms with E-state index in [0.29, 0.717) is 17.8 Å². The van der Waals surface area contributed by atoms with Gasteiger partial charge in [0.05, 0.1) is 54.3 Å². The minimum atomic E-state index is -1.23. The van der Waals surface area contributed by atoms with E-state index < -0.39 is 23.8 Å². The first kappa shape index (κ1) is 27.5. The van der Waals surface area contributed by atoms with Crippen molar-refractivity contribution in [3.8, 4) is 6.07 Å². The fourth-order valence-corrected chi connectivity index (χ4v) is 4.56. The van der Waals surface area contributed by atoms with E-state index in [1.165, 1.54) is 23.1 Å². The number of carbonyl (C=O) groups is 3. The average Bonchev–Trinajstić information content (AvgIpc) is 2.99. The lowest BCUT2D eigenvalue weighted by atomic mass is 9.81. The molecule has 3 aromatic rings. The van der Waals surface area contributed by atoms with Crippen LogP contribution in [0.15, 0.2) is 102 Å². The van der Waals surface area contributed by atoms with E-state index in [1.807, 2.05) is 30.3 Å². The molecular formula is C30H26N4O6. The van der Waals surface area contributed by atoms with Gasteiger partial charge in [0.1, 0.15) is 11.5 Å². The highest BCUT2D eigenvalue weighted by Gasteiger charge is 2.43. The maximum absolute atomic E-state index is 13.4. The Hall–Kier alpha value is -5.56. The quantitative estimate of drug-likeness (QED) is 0.360. The largest absolute Gasteiger partial charge is 0.478 e. The zero-order valence-electron chi connectivity index (χ0n) is 21.8. The van der Waals surface area contributed by atoms with Crippen molar-refractivity contribution in [1.82, 2.24) is 0 Å². The Balaban J connectivity index is 2.02. The van der Waals surface area contributed by atoms with E-state index in [9.17, 15) is 24.8 Å². The van der Waals surface area contributed by atoms with Crippen LogP contribution < -0.4 is 16.0 Å². The number of nitrogens with zero attached hydrogens (tertiary/aromatic N) is 2. The number of nitrogens with two attached hydrogens (primary N) is 1. The van der Waals surface area contributed by atoms with Gasteiger partial charge in [0.15, 0.2) is 0 Å². The van der Waals surface area contributed by atoms with Crippen molar-refractivity contribution in [1.29, 1.82) is 5.26 Å². The van der Waals surface area contributed by atoms with Crippen LogP contribution in [0.3, 0.4) is 0 Å². The summed E-state index contributed by atoms with van der Waals surface area (Å²) in [5.74, 6) is -4.26. The summed E-state index contributed by atoms with van der Waals surface area (Å²) >= 11 is 0. The standard InChI is InChI=1S/C30H26N4O6/c1-39-29(37)25-24(19-11-7-4-8-12-19)21(16-31)27(32)34(26(25)30(38)40-2)23-15-20(28(35)36)13-14-22(23)33-17-18-9-5-3-6-10-18/h3-15,24,33H,17,32H2,1-2H3,(H,35,36). The van der Waals surface area contributed by atoms with Crippen molar-refractivity contribution in [2.45, 2.75) is 12.5 Å². The molecule has 0 aromatic heterocycles. The molecule has 0 bridgehead atoms. The van der Waals surface area contributed by atoms with Crippen molar-refractivity contribution in [3.63, 3.8) is 0 Å². The van der Waals surface area contributed by atoms with Gasteiger partial charge in [0.2, 0.25) is 0 Å². The number of hydrogen-bond donors (Lipinski definition) is 3. The SMILES string of the molecule is COC(=O)C1=C(C(=O)OC)N(c2cc(C(=O)O)ccc2NCc2ccccc2)C(N)=C(C#N)C1c1ccccc1. The summed E-state index contributed by atoms with van der Waals surface area (Å²) in [5, 5.41) is 23.2. The molecule has 10 heteroatoms. The second-order valence-electron chi connectivity index (χ2n) is 8.71. The van der Waals surface area contributed by atoms with Gasteiger partial charge < -0.3 is 25.6 Å². The number of carbonyl (C=O) groups excluding carboxylic acids is 2. The van der Waals surface area contributed by atoms with Gasteiger partial charge in [-0.05, 0) is 29.3 Å². The van der Waals surface area contributed by atoms with E-state index in [4.69, 9.17) is 15.2 Å². The smallest absolute Gasteiger partial charge is 0.355 e. The number of nitrogens with one attached hydrogen (secondary N) is 1. The number of nitriles is 1. The first-order valence-electron chi connectivity index (χ1n) is 12.1. The van der Waals surface area contributed by atoms with E-state index in [2.05, 4.69) is 11.4 Å². The number of methoxy groups -OCH3 is 2. The average molecular weight is 539 g/mol. The number of rotatable bonds is 8. The zero-order valence-corrected chi connectivity index (χ0v) is 21.8. The molecule has 40 heavy (non-hydrogen) atoms. The Morgan fingerprint density at radius 2 is 1.60 bits per heavy atom. The lowest BCUT2D eigenvalue weighted by molar-refractivity contribution is -0.139. The summed E-state index contributed by atoms with van der Waals surface area (Å²) in [6.07, 6.45) is 0. The van der Waals surface area contributed by atoms with Crippen molar-refractivity contribution in [2.24, 2.45) is 5.73 Å². The molecule has 1 atom stereocenters. The highest BCUT2D eigenvalue weighted by atomic mass is 16.5. The van der Waals surface area contributed by atoms with Crippen LogP contribution in [-0.4, -0.2) is 37.2 Å². The van der Waals surface area contributed by atoms with Gasteiger partial charge in [-0.1, -0.05) is 60.7 Å². The number of carboxylic acids is 1. The number of esters is 2. The number of carboxylic acid groups (broad SMARTS) is 1. The van der Waals surface area contributed by atoms with Gasteiger partial charge in [-0.2, -0.15) is 5.26 Å². The minimum absolute atomic E-state index is 0.0333. The molecule has 0 radical (unpaired) electrons. The van der Waals surface area contributed by atoms with Gasteiger partial charge in [-0.15, -0.1) is 0 Å². The summed E-state index contributed by atoms with van der Waals surface area (Å²) in [4.78, 5) is 39.8. The molecule has 0 amide bonds. The predicted octanol–water partition coefficient (Wildman–Crippen LogP) is 3.89. The molecule has 0 aliphatic carbocycles. The third-order valence-electron chi connectivity index (χ3n) is 6.42. The van der Waals surface area contributed by atoms with Crippen LogP contribution in [0.1, 0.15) is 27.4 Å². The first-order chi connectivity index (χ1) is 19.3. The van der Waals surface area contributed by atoms with Gasteiger partial charge in [0.25, 0.3) is 0 Å². The Labute approximate surface area is 230 Å². The summed E-state index contributed by atoms with van der Waals surface area (Å²) in [5.41, 5.74) is 7.93. The number of benzene rings is 3. The monoisotopic (exact) mass is 538 g/mol. The van der Waals surface area contributed by atoms with Crippen molar-refractivity contribution in [2.75, 3.05) is 24.4 Å². The van der Waals surface area contributed by atoms with Crippen LogP contribution >= 0.6 is 0 Å². The van der Waals surface area contributed by atoms with Gasteiger partial charge >= 0.3 is 17.9 Å². The molecule has 1 heterocycles. The number of aromatic carboxylic acids is 1. The van der Waals surface area contributed by atoms with Gasteiger partial charge in [-0.3, -0.25) is 4.90 Å². The van der Waals surface area contributed by atoms with Crippen LogP contribution in [0.4, 0.5) is 11.4 Å². The van der Waals surface area contributed by atoms with E-state index in [0.717, 1.165) is 19.8 Å². The molecule has 1 unspecified atom stereocenters. The fraction of sp³-hybridized carbons (Fsp3) is 0.133. The Morgan fingerprint density at radius 1 is 0.975 bits per heavy atom. The molecular weight excluding hydrogens is 512 g/mol. The second-order valence-corrected chi connectivity index (χ2v) is 8.71. The molecule has 1 aliphatic rings. The van der Waals surface area contributed by atoms with E-state index >= 15 is 0 Å². The summed E-state index contributed by atoms with van der Waals surface area (Å²) in [6, 6.07) is 24.3. The molecule has 1 aliphatic heterocycles. The number of hydrogen-bond acceptors (Lipinski definition) is 9. The van der Waals surface area contributed by atoms with Crippen LogP contribution in [-0.2, 0) is 25.6 Å². The summed E-state index contributed by atoms with van der Waals surface area (Å²) < 4.78 is 10.1. The van der Waals surface area contributed by atoms with Crippen LogP contribution in [0.5, 0.6) is 0 Å². The molecule has 202 valence electrons. The third-order valence-corrected chi connectivity index (χ3v) is 6.42. The lowest BCUT2D eigenvalue weighted by Crippen LogP contribution is -2.41. The van der Waals surface area contributed by atoms with E-state index in [-0.39, 0.29) is 33.9 Å². The molecule has 0 fully saturated rings. The number of allylic oxidation sites excluding steroid dienone is 1. The highest BCUT2D eigenvalue weighted by Crippen LogP contribution is 2.45. The highest BCUT2D eigenvalue weighted by molar-refractivity contribution is 6.07. The maximum atomic E-state index is 13.4. The molecule has 0 spiro atoms. The molecule has 4 N–H and O–H groups in total.